The Kier molecular flexibility index (Phi) is 4.34. The lowest BCUT2D eigenvalue weighted by molar-refractivity contribution is -0.139. The van der Waals surface area contributed by atoms with Gasteiger partial charge >= 0.3 is 0 Å². The van der Waals surface area contributed by atoms with Crippen molar-refractivity contribution in [2.24, 2.45) is 5.92 Å². The van der Waals surface area contributed by atoms with Crippen molar-refractivity contribution in [2.45, 2.75) is 25.8 Å². The van der Waals surface area contributed by atoms with Gasteiger partial charge in [0.05, 0.1) is 6.20 Å². The van der Waals surface area contributed by atoms with E-state index in [1.807, 2.05) is 0 Å². The van der Waals surface area contributed by atoms with Gasteiger partial charge in [0.2, 0.25) is 5.91 Å². The molecule has 0 spiro atoms. The smallest absolute Gasteiger partial charge is 0.226 e. The zero-order valence-corrected chi connectivity index (χ0v) is 12.5. The standard InChI is InChI=1S/C15H23N5O/c1-12-10-17-6-9-20(12)15(21)13-2-7-19(8-3-13)14-11-16-4-5-18-14/h4-5,11-13,17H,2-3,6-10H2,1H3/t12-/m0/s1. The van der Waals surface area contributed by atoms with Gasteiger partial charge in [-0.15, -0.1) is 0 Å². The normalized spacial score (nSPS) is 24.1. The number of piperidine rings is 1. The Hall–Kier alpha value is -1.69. The summed E-state index contributed by atoms with van der Waals surface area (Å²) in [6.07, 6.45) is 7.01. The molecule has 1 amide bonds. The second-order valence-electron chi connectivity index (χ2n) is 5.91. The number of nitrogens with one attached hydrogen (secondary N) is 1. The third-order valence-corrected chi connectivity index (χ3v) is 4.50. The third-order valence-electron chi connectivity index (χ3n) is 4.50. The molecule has 1 aromatic heterocycles. The van der Waals surface area contributed by atoms with Crippen molar-refractivity contribution in [3.05, 3.63) is 18.6 Å². The summed E-state index contributed by atoms with van der Waals surface area (Å²) < 4.78 is 0. The quantitative estimate of drug-likeness (QED) is 0.860. The largest absolute Gasteiger partial charge is 0.355 e. The van der Waals surface area contributed by atoms with Gasteiger partial charge in [-0.25, -0.2) is 4.98 Å². The second kappa shape index (κ2) is 6.39. The van der Waals surface area contributed by atoms with Crippen molar-refractivity contribution in [1.29, 1.82) is 0 Å². The Morgan fingerprint density at radius 1 is 1.29 bits per heavy atom. The highest BCUT2D eigenvalue weighted by Crippen LogP contribution is 2.23. The van der Waals surface area contributed by atoms with Gasteiger partial charge in [0.1, 0.15) is 5.82 Å². The van der Waals surface area contributed by atoms with Gasteiger partial charge in [-0.2, -0.15) is 0 Å². The molecule has 3 rings (SSSR count). The molecule has 114 valence electrons. The molecule has 6 heteroatoms. The van der Waals surface area contributed by atoms with Crippen molar-refractivity contribution in [3.63, 3.8) is 0 Å². The van der Waals surface area contributed by atoms with Crippen LogP contribution in [0.15, 0.2) is 18.6 Å². The van der Waals surface area contributed by atoms with Crippen LogP contribution in [-0.2, 0) is 4.79 Å². The summed E-state index contributed by atoms with van der Waals surface area (Å²) in [7, 11) is 0. The molecule has 6 nitrogen and oxygen atoms in total. The van der Waals surface area contributed by atoms with Crippen molar-refractivity contribution in [2.75, 3.05) is 37.6 Å². The summed E-state index contributed by atoms with van der Waals surface area (Å²) in [6.45, 7) is 6.55. The van der Waals surface area contributed by atoms with Crippen LogP contribution >= 0.6 is 0 Å². The molecule has 2 saturated heterocycles. The predicted octanol–water partition coefficient (Wildman–Crippen LogP) is 0.513. The van der Waals surface area contributed by atoms with Gasteiger partial charge < -0.3 is 15.1 Å². The lowest BCUT2D eigenvalue weighted by Gasteiger charge is -2.39. The Morgan fingerprint density at radius 3 is 2.76 bits per heavy atom. The average molecular weight is 289 g/mol. The van der Waals surface area contributed by atoms with E-state index >= 15 is 0 Å². The number of rotatable bonds is 2. The summed E-state index contributed by atoms with van der Waals surface area (Å²) in [4.78, 5) is 25.4. The zero-order chi connectivity index (χ0) is 14.7. The summed E-state index contributed by atoms with van der Waals surface area (Å²) in [5.74, 6) is 1.42. The molecular formula is C15H23N5O. The van der Waals surface area contributed by atoms with E-state index in [1.165, 1.54) is 0 Å². The summed E-state index contributed by atoms with van der Waals surface area (Å²) >= 11 is 0. The molecule has 1 N–H and O–H groups in total. The topological polar surface area (TPSA) is 61.4 Å². The minimum absolute atomic E-state index is 0.165. The molecule has 0 saturated carbocycles. The first-order valence-electron chi connectivity index (χ1n) is 7.78. The van der Waals surface area contributed by atoms with Gasteiger partial charge in [0, 0.05) is 57.1 Å². The van der Waals surface area contributed by atoms with E-state index in [2.05, 4.69) is 32.0 Å². The minimum Gasteiger partial charge on any atom is -0.355 e. The summed E-state index contributed by atoms with van der Waals surface area (Å²) in [5, 5.41) is 3.33. The number of carbonyl (C=O) groups is 1. The maximum atomic E-state index is 12.7. The molecule has 0 aromatic carbocycles. The van der Waals surface area contributed by atoms with Crippen molar-refractivity contribution in [1.82, 2.24) is 20.2 Å². The highest BCUT2D eigenvalue weighted by atomic mass is 16.2. The van der Waals surface area contributed by atoms with E-state index in [1.54, 1.807) is 18.6 Å². The fourth-order valence-corrected chi connectivity index (χ4v) is 3.21. The van der Waals surface area contributed by atoms with Crippen LogP contribution < -0.4 is 10.2 Å². The monoisotopic (exact) mass is 289 g/mol. The number of piperazine rings is 1. The molecule has 2 aliphatic heterocycles. The van der Waals surface area contributed by atoms with E-state index in [0.29, 0.717) is 11.9 Å². The molecular weight excluding hydrogens is 266 g/mol. The Morgan fingerprint density at radius 2 is 2.10 bits per heavy atom. The molecule has 1 aromatic rings. The Balaban J connectivity index is 1.57. The van der Waals surface area contributed by atoms with Crippen LogP contribution in [0.1, 0.15) is 19.8 Å². The number of hydrogen-bond acceptors (Lipinski definition) is 5. The van der Waals surface area contributed by atoms with Crippen molar-refractivity contribution < 1.29 is 4.79 Å². The molecule has 2 fully saturated rings. The molecule has 0 bridgehead atoms. The van der Waals surface area contributed by atoms with Crippen LogP contribution in [0.4, 0.5) is 5.82 Å². The molecule has 21 heavy (non-hydrogen) atoms. The number of hydrogen-bond donors (Lipinski definition) is 1. The van der Waals surface area contributed by atoms with Crippen LogP contribution in [0.5, 0.6) is 0 Å². The van der Waals surface area contributed by atoms with Crippen molar-refractivity contribution >= 4 is 11.7 Å². The highest BCUT2D eigenvalue weighted by molar-refractivity contribution is 5.79. The first-order valence-corrected chi connectivity index (χ1v) is 7.78. The highest BCUT2D eigenvalue weighted by Gasteiger charge is 2.32. The minimum atomic E-state index is 0.165. The fourth-order valence-electron chi connectivity index (χ4n) is 3.21. The maximum Gasteiger partial charge on any atom is 0.226 e. The van der Waals surface area contributed by atoms with Crippen molar-refractivity contribution in [3.8, 4) is 0 Å². The number of aromatic nitrogens is 2. The average Bonchev–Trinajstić information content (AvgIpc) is 2.56. The number of amides is 1. The lowest BCUT2D eigenvalue weighted by atomic mass is 9.94. The van der Waals surface area contributed by atoms with Crippen LogP contribution in [-0.4, -0.2) is 59.5 Å². The van der Waals surface area contributed by atoms with Crippen LogP contribution in [0.2, 0.25) is 0 Å². The molecule has 3 heterocycles. The van der Waals surface area contributed by atoms with Gasteiger partial charge in [-0.3, -0.25) is 9.78 Å². The third kappa shape index (κ3) is 3.15. The molecule has 0 unspecified atom stereocenters. The second-order valence-corrected chi connectivity index (χ2v) is 5.91. The number of nitrogens with zero attached hydrogens (tertiary/aromatic N) is 4. The van der Waals surface area contributed by atoms with Gasteiger partial charge in [-0.05, 0) is 19.8 Å². The van der Waals surface area contributed by atoms with Crippen LogP contribution in [0.25, 0.3) is 0 Å². The SMILES string of the molecule is C[C@H]1CNCCN1C(=O)C1CCN(c2cnccn2)CC1. The van der Waals surface area contributed by atoms with E-state index < -0.39 is 0 Å². The van der Waals surface area contributed by atoms with E-state index in [4.69, 9.17) is 0 Å². The van der Waals surface area contributed by atoms with Gasteiger partial charge in [0.15, 0.2) is 0 Å². The molecule has 2 aliphatic rings. The molecule has 0 radical (unpaired) electrons. The number of anilines is 1. The predicted molar refractivity (Wildman–Crippen MR) is 81.0 cm³/mol. The van der Waals surface area contributed by atoms with Crippen LogP contribution in [0.3, 0.4) is 0 Å². The van der Waals surface area contributed by atoms with Gasteiger partial charge in [-0.1, -0.05) is 0 Å². The Labute approximate surface area is 125 Å². The Bertz CT molecular complexity index is 472. The summed E-state index contributed by atoms with van der Waals surface area (Å²) in [5.41, 5.74) is 0. The lowest BCUT2D eigenvalue weighted by Crippen LogP contribution is -2.54. The molecule has 1 atom stereocenters. The van der Waals surface area contributed by atoms with Gasteiger partial charge in [0.25, 0.3) is 0 Å². The summed E-state index contributed by atoms with van der Waals surface area (Å²) in [6, 6.07) is 0.310. The van der Waals surface area contributed by atoms with E-state index in [0.717, 1.165) is 51.4 Å². The number of carbonyl (C=O) groups excluding carboxylic acids is 1. The zero-order valence-electron chi connectivity index (χ0n) is 12.5. The van der Waals surface area contributed by atoms with E-state index in [-0.39, 0.29) is 5.92 Å². The first kappa shape index (κ1) is 14.3. The fraction of sp³-hybridized carbons (Fsp3) is 0.667. The first-order chi connectivity index (χ1) is 10.3. The molecule has 0 aliphatic carbocycles. The maximum absolute atomic E-state index is 12.7. The van der Waals surface area contributed by atoms with E-state index in [9.17, 15) is 4.79 Å². The van der Waals surface area contributed by atoms with Crippen LogP contribution in [0, 0.1) is 5.92 Å².